The number of anilines is 2. The van der Waals surface area contributed by atoms with E-state index in [0.29, 0.717) is 23.7 Å². The lowest BCUT2D eigenvalue weighted by Crippen LogP contribution is -2.52. The van der Waals surface area contributed by atoms with Crippen LogP contribution in [0.4, 0.5) is 16.3 Å². The molecule has 2 saturated heterocycles. The smallest absolute Gasteiger partial charge is 0.410 e. The lowest BCUT2D eigenvalue weighted by atomic mass is 10.0. The van der Waals surface area contributed by atoms with Gasteiger partial charge in [0, 0.05) is 38.2 Å². The van der Waals surface area contributed by atoms with E-state index in [1.165, 1.54) is 15.9 Å². The predicted molar refractivity (Wildman–Crippen MR) is 127 cm³/mol. The molecule has 5 rings (SSSR count). The zero-order valence-electron chi connectivity index (χ0n) is 19.7. The third-order valence-electron chi connectivity index (χ3n) is 6.95. The van der Waals surface area contributed by atoms with Gasteiger partial charge < -0.3 is 14.5 Å². The maximum atomic E-state index is 13.0. The first kappa shape index (κ1) is 22.8. The molecule has 0 spiro atoms. The van der Waals surface area contributed by atoms with Crippen LogP contribution in [0.2, 0.25) is 0 Å². The van der Waals surface area contributed by atoms with Crippen LogP contribution in [0.15, 0.2) is 36.5 Å². The number of aromatic nitrogens is 1. The van der Waals surface area contributed by atoms with E-state index in [0.717, 1.165) is 30.8 Å². The van der Waals surface area contributed by atoms with Crippen molar-refractivity contribution in [2.75, 3.05) is 23.4 Å². The molecular formula is C25H27N5O5. The Hall–Kier alpha value is -3.95. The largest absolute Gasteiger partial charge is 0.419 e. The van der Waals surface area contributed by atoms with Crippen molar-refractivity contribution in [1.29, 1.82) is 0 Å². The summed E-state index contributed by atoms with van der Waals surface area (Å²) in [6.07, 6.45) is 3.81. The number of piperidine rings is 1. The van der Waals surface area contributed by atoms with Crippen molar-refractivity contribution in [3.63, 3.8) is 0 Å². The quantitative estimate of drug-likeness (QED) is 0.673. The summed E-state index contributed by atoms with van der Waals surface area (Å²) in [5, 5.41) is 2.29. The van der Waals surface area contributed by atoms with Gasteiger partial charge in [0.1, 0.15) is 17.6 Å². The van der Waals surface area contributed by atoms with Crippen molar-refractivity contribution in [3.8, 4) is 5.75 Å². The van der Waals surface area contributed by atoms with Crippen LogP contribution in [0.25, 0.3) is 0 Å². The summed E-state index contributed by atoms with van der Waals surface area (Å²) >= 11 is 0. The van der Waals surface area contributed by atoms with Gasteiger partial charge in [-0.15, -0.1) is 0 Å². The first-order valence-corrected chi connectivity index (χ1v) is 11.8. The molecule has 1 N–H and O–H groups in total. The fourth-order valence-corrected chi connectivity index (χ4v) is 4.89. The Kier molecular flexibility index (Phi) is 5.88. The topological polar surface area (TPSA) is 112 Å². The third-order valence-corrected chi connectivity index (χ3v) is 6.95. The molecular weight excluding hydrogens is 450 g/mol. The van der Waals surface area contributed by atoms with E-state index >= 15 is 0 Å². The van der Waals surface area contributed by atoms with Crippen molar-refractivity contribution < 1.29 is 23.9 Å². The van der Waals surface area contributed by atoms with Crippen molar-refractivity contribution >= 4 is 35.3 Å². The van der Waals surface area contributed by atoms with Gasteiger partial charge in [0.15, 0.2) is 0 Å². The maximum Gasteiger partial charge on any atom is 0.419 e. The number of carbonyl (C=O) groups excluding carboxylic acids is 4. The number of hydrogen-bond donors (Lipinski definition) is 1. The zero-order chi connectivity index (χ0) is 24.7. The average molecular weight is 478 g/mol. The molecule has 3 aliphatic heterocycles. The molecule has 2 atom stereocenters. The summed E-state index contributed by atoms with van der Waals surface area (Å²) < 4.78 is 5.52. The molecule has 0 radical (unpaired) electrons. The minimum absolute atomic E-state index is 0.193. The number of ether oxygens (including phenoxy) is 1. The van der Waals surface area contributed by atoms with Crippen molar-refractivity contribution in [1.82, 2.24) is 15.2 Å². The summed E-state index contributed by atoms with van der Waals surface area (Å²) in [5.74, 6) is 0.00289. The van der Waals surface area contributed by atoms with Crippen molar-refractivity contribution in [2.45, 2.75) is 51.2 Å². The Morgan fingerprint density at radius 3 is 2.66 bits per heavy atom. The summed E-state index contributed by atoms with van der Waals surface area (Å²) in [6, 6.07) is 8.35. The molecule has 35 heavy (non-hydrogen) atoms. The van der Waals surface area contributed by atoms with Crippen LogP contribution in [0.3, 0.4) is 0 Å². The molecule has 2 aromatic rings. The van der Waals surface area contributed by atoms with Crippen LogP contribution < -0.4 is 19.9 Å². The van der Waals surface area contributed by atoms with E-state index in [9.17, 15) is 19.2 Å². The lowest BCUT2D eigenvalue weighted by molar-refractivity contribution is -0.136. The number of fused-ring (bicyclic) bond motifs is 1. The second kappa shape index (κ2) is 9.01. The molecule has 0 saturated carbocycles. The molecule has 3 aliphatic rings. The van der Waals surface area contributed by atoms with Gasteiger partial charge in [-0.05, 0) is 56.0 Å². The highest BCUT2D eigenvalue weighted by molar-refractivity contribution is 6.05. The van der Waals surface area contributed by atoms with E-state index in [2.05, 4.69) is 22.1 Å². The summed E-state index contributed by atoms with van der Waals surface area (Å²) in [6.45, 7) is 3.42. The first-order valence-electron chi connectivity index (χ1n) is 11.8. The van der Waals surface area contributed by atoms with E-state index < -0.39 is 18.0 Å². The molecule has 10 heteroatoms. The van der Waals surface area contributed by atoms with Gasteiger partial charge >= 0.3 is 6.09 Å². The Bertz CT molecular complexity index is 1200. The number of carbonyl (C=O) groups is 4. The van der Waals surface area contributed by atoms with Crippen LogP contribution in [0, 0.1) is 0 Å². The Morgan fingerprint density at radius 1 is 1.14 bits per heavy atom. The lowest BCUT2D eigenvalue weighted by Gasteiger charge is -2.29. The standard InChI is InChI=1S/C25H27N5O5/c1-15-4-3-11-29(15)21-9-6-17(13-26-21)28(2)25(34)35-18-7-5-16-14-30(24(33)19(16)12-18)20-8-10-22(31)27-23(20)32/h5-7,9,12-13,15,20H,3-4,8,10-11,14H2,1-2H3,(H,27,31,32)/t15-,20?/m1/s1. The molecule has 1 aromatic heterocycles. The number of hydrogen-bond acceptors (Lipinski definition) is 7. The van der Waals surface area contributed by atoms with Crippen LogP contribution in [0.5, 0.6) is 5.75 Å². The van der Waals surface area contributed by atoms with Crippen molar-refractivity contribution in [2.24, 2.45) is 0 Å². The third kappa shape index (κ3) is 4.31. The Morgan fingerprint density at radius 2 is 1.97 bits per heavy atom. The summed E-state index contributed by atoms with van der Waals surface area (Å²) in [5.41, 5.74) is 1.71. The molecule has 4 heterocycles. The zero-order valence-corrected chi connectivity index (χ0v) is 19.7. The monoisotopic (exact) mass is 477 g/mol. The van der Waals surface area contributed by atoms with Gasteiger partial charge in [0.2, 0.25) is 11.8 Å². The van der Waals surface area contributed by atoms with Crippen LogP contribution in [-0.2, 0) is 16.1 Å². The van der Waals surface area contributed by atoms with Crippen LogP contribution >= 0.6 is 0 Å². The molecule has 4 amide bonds. The van der Waals surface area contributed by atoms with Gasteiger partial charge in [-0.3, -0.25) is 24.6 Å². The van der Waals surface area contributed by atoms with Crippen molar-refractivity contribution in [3.05, 3.63) is 47.7 Å². The fraction of sp³-hybridized carbons (Fsp3) is 0.400. The maximum absolute atomic E-state index is 13.0. The number of rotatable bonds is 4. The van der Waals surface area contributed by atoms with Gasteiger partial charge in [-0.2, -0.15) is 0 Å². The number of imide groups is 1. The van der Waals surface area contributed by atoms with Gasteiger partial charge in [0.25, 0.3) is 5.91 Å². The summed E-state index contributed by atoms with van der Waals surface area (Å²) in [4.78, 5) is 59.0. The molecule has 0 aliphatic carbocycles. The van der Waals surface area contributed by atoms with Gasteiger partial charge in [-0.25, -0.2) is 9.78 Å². The molecule has 0 bridgehead atoms. The predicted octanol–water partition coefficient (Wildman–Crippen LogP) is 2.47. The highest BCUT2D eigenvalue weighted by Crippen LogP contribution is 2.31. The number of nitrogens with one attached hydrogen (secondary N) is 1. The van der Waals surface area contributed by atoms with Crippen LogP contribution in [-0.4, -0.2) is 59.4 Å². The number of amides is 4. The summed E-state index contributed by atoms with van der Waals surface area (Å²) in [7, 11) is 1.60. The Balaban J connectivity index is 1.25. The average Bonchev–Trinajstić information content (AvgIpc) is 3.42. The minimum atomic E-state index is -0.691. The SMILES string of the molecule is C[C@@H]1CCCN1c1ccc(N(C)C(=O)Oc2ccc3c(c2)C(=O)N(C2CCC(=O)NC2=O)C3)cn1. The Labute approximate surface area is 202 Å². The second-order valence-corrected chi connectivity index (χ2v) is 9.21. The van der Waals surface area contributed by atoms with E-state index in [4.69, 9.17) is 4.74 Å². The van der Waals surface area contributed by atoms with E-state index in [1.54, 1.807) is 25.4 Å². The van der Waals surface area contributed by atoms with Gasteiger partial charge in [0.05, 0.1) is 11.9 Å². The normalized spacial score (nSPS) is 21.7. The second-order valence-electron chi connectivity index (χ2n) is 9.21. The number of pyridine rings is 1. The fourth-order valence-electron chi connectivity index (χ4n) is 4.89. The molecule has 182 valence electrons. The number of benzene rings is 1. The first-order chi connectivity index (χ1) is 16.8. The highest BCUT2D eigenvalue weighted by atomic mass is 16.6. The van der Waals surface area contributed by atoms with Gasteiger partial charge in [-0.1, -0.05) is 6.07 Å². The molecule has 1 unspecified atom stereocenters. The van der Waals surface area contributed by atoms with E-state index in [1.807, 2.05) is 12.1 Å². The van der Waals surface area contributed by atoms with E-state index in [-0.39, 0.29) is 30.5 Å². The van der Waals surface area contributed by atoms with Crippen LogP contribution in [0.1, 0.15) is 48.5 Å². The minimum Gasteiger partial charge on any atom is -0.410 e. The number of nitrogens with zero attached hydrogens (tertiary/aromatic N) is 4. The highest BCUT2D eigenvalue weighted by Gasteiger charge is 2.39. The molecule has 1 aromatic carbocycles. The molecule has 2 fully saturated rings. The molecule has 10 nitrogen and oxygen atoms in total.